The number of ether oxygens (including phenoxy) is 3. The minimum atomic E-state index is -0.856. The van der Waals surface area contributed by atoms with Crippen molar-refractivity contribution in [2.45, 2.75) is 13.0 Å². The Balaban J connectivity index is 1.61. The molecule has 0 spiro atoms. The minimum Gasteiger partial charge on any atom is -0.493 e. The molecular weight excluding hydrogens is 547 g/mol. The largest absolute Gasteiger partial charge is 0.493 e. The van der Waals surface area contributed by atoms with Crippen LogP contribution < -0.4 is 19.6 Å². The van der Waals surface area contributed by atoms with Gasteiger partial charge in [-0.3, -0.25) is 4.79 Å². The lowest BCUT2D eigenvalue weighted by Crippen LogP contribution is -2.33. The summed E-state index contributed by atoms with van der Waals surface area (Å²) in [5, 5.41) is 4.69. The van der Waals surface area contributed by atoms with Crippen molar-refractivity contribution in [1.82, 2.24) is 5.43 Å². The fraction of sp³-hybridized carbons (Fsp3) is 0.125. The molecule has 1 amide bonds. The van der Waals surface area contributed by atoms with Gasteiger partial charge in [-0.1, -0.05) is 45.2 Å². The van der Waals surface area contributed by atoms with E-state index in [-0.39, 0.29) is 5.75 Å². The van der Waals surface area contributed by atoms with Gasteiger partial charge in [0.25, 0.3) is 5.91 Å². The van der Waals surface area contributed by atoms with Gasteiger partial charge in [-0.25, -0.2) is 10.2 Å². The van der Waals surface area contributed by atoms with Gasteiger partial charge in [-0.05, 0) is 67.1 Å². The molecule has 0 radical (unpaired) electrons. The van der Waals surface area contributed by atoms with Crippen LogP contribution in [0, 0.1) is 0 Å². The van der Waals surface area contributed by atoms with Crippen LogP contribution in [0.2, 0.25) is 10.0 Å². The van der Waals surface area contributed by atoms with Crippen molar-refractivity contribution in [2.24, 2.45) is 5.10 Å². The normalized spacial score (nSPS) is 11.7. The number of rotatable bonds is 8. The van der Waals surface area contributed by atoms with E-state index >= 15 is 0 Å². The molecule has 0 fully saturated rings. The van der Waals surface area contributed by atoms with Crippen LogP contribution in [-0.4, -0.2) is 31.3 Å². The highest BCUT2D eigenvalue weighted by atomic mass is 79.9. The molecule has 0 saturated carbocycles. The fourth-order valence-corrected chi connectivity index (χ4v) is 3.55. The molecule has 0 aliphatic carbocycles. The number of methoxy groups -OCH3 is 1. The topological polar surface area (TPSA) is 86.2 Å². The zero-order chi connectivity index (χ0) is 24.7. The average molecular weight is 566 g/mol. The van der Waals surface area contributed by atoms with E-state index in [1.165, 1.54) is 19.4 Å². The number of esters is 1. The fourth-order valence-electron chi connectivity index (χ4n) is 2.70. The summed E-state index contributed by atoms with van der Waals surface area (Å²) in [4.78, 5) is 24.7. The van der Waals surface area contributed by atoms with Crippen molar-refractivity contribution in [3.63, 3.8) is 0 Å². The highest BCUT2D eigenvalue weighted by Crippen LogP contribution is 2.29. The summed E-state index contributed by atoms with van der Waals surface area (Å²) in [5.74, 6) is -0.101. The number of hydrogen-bond acceptors (Lipinski definition) is 6. The van der Waals surface area contributed by atoms with E-state index in [2.05, 4.69) is 26.5 Å². The number of hydrogen-bond donors (Lipinski definition) is 1. The quantitative estimate of drug-likeness (QED) is 0.159. The Morgan fingerprint density at radius 1 is 1.03 bits per heavy atom. The SMILES string of the molecule is COc1cc(/C=N/NC(=O)C(C)Oc2ccc(Cl)cc2Cl)ccc1OC(=O)c1cccc(Br)c1. The first kappa shape index (κ1) is 25.6. The van der Waals surface area contributed by atoms with Gasteiger partial charge in [-0.15, -0.1) is 0 Å². The smallest absolute Gasteiger partial charge is 0.343 e. The second kappa shape index (κ2) is 11.9. The van der Waals surface area contributed by atoms with E-state index in [1.54, 1.807) is 55.5 Å². The molecule has 3 aromatic carbocycles. The van der Waals surface area contributed by atoms with Crippen molar-refractivity contribution in [3.8, 4) is 17.2 Å². The zero-order valence-electron chi connectivity index (χ0n) is 18.1. The van der Waals surface area contributed by atoms with Crippen LogP contribution in [0.3, 0.4) is 0 Å². The predicted octanol–water partition coefficient (Wildman–Crippen LogP) is 5.90. The highest BCUT2D eigenvalue weighted by molar-refractivity contribution is 9.10. The minimum absolute atomic E-state index is 0.246. The molecule has 1 N–H and O–H groups in total. The lowest BCUT2D eigenvalue weighted by atomic mass is 10.2. The van der Waals surface area contributed by atoms with Gasteiger partial charge in [0, 0.05) is 9.50 Å². The first-order chi connectivity index (χ1) is 16.3. The van der Waals surface area contributed by atoms with Gasteiger partial charge >= 0.3 is 5.97 Å². The maximum Gasteiger partial charge on any atom is 0.343 e. The van der Waals surface area contributed by atoms with Crippen molar-refractivity contribution in [2.75, 3.05) is 7.11 Å². The molecule has 0 aliphatic heterocycles. The second-order valence-corrected chi connectivity index (χ2v) is 8.64. The van der Waals surface area contributed by atoms with Crippen LogP contribution in [0.4, 0.5) is 0 Å². The predicted molar refractivity (Wildman–Crippen MR) is 134 cm³/mol. The third-order valence-corrected chi connectivity index (χ3v) is 5.43. The van der Waals surface area contributed by atoms with Gasteiger partial charge in [0.1, 0.15) is 5.75 Å². The summed E-state index contributed by atoms with van der Waals surface area (Å²) in [6.45, 7) is 1.56. The summed E-state index contributed by atoms with van der Waals surface area (Å²) in [5.41, 5.74) is 3.39. The molecule has 0 aromatic heterocycles. The number of nitrogens with zero attached hydrogens (tertiary/aromatic N) is 1. The molecule has 176 valence electrons. The lowest BCUT2D eigenvalue weighted by molar-refractivity contribution is -0.127. The molecule has 3 rings (SSSR count). The maximum absolute atomic E-state index is 12.4. The first-order valence-electron chi connectivity index (χ1n) is 9.87. The van der Waals surface area contributed by atoms with E-state index < -0.39 is 18.0 Å². The molecule has 1 atom stereocenters. The van der Waals surface area contributed by atoms with Gasteiger partial charge in [-0.2, -0.15) is 5.10 Å². The Labute approximate surface area is 214 Å². The molecule has 3 aromatic rings. The molecule has 0 saturated heterocycles. The van der Waals surface area contributed by atoms with Gasteiger partial charge in [0.05, 0.1) is 23.9 Å². The number of halogens is 3. The standard InChI is InChI=1S/C24H19BrCl2N2O5/c1-14(33-20-9-7-18(26)12-19(20)27)23(30)29-28-13-15-6-8-21(22(10-15)32-2)34-24(31)16-4-3-5-17(25)11-16/h3-14H,1-2H3,(H,29,30)/b28-13+. The average Bonchev–Trinajstić information content (AvgIpc) is 2.81. The second-order valence-electron chi connectivity index (χ2n) is 6.88. The van der Waals surface area contributed by atoms with Crippen molar-refractivity contribution in [3.05, 3.63) is 86.3 Å². The van der Waals surface area contributed by atoms with E-state index in [1.807, 2.05) is 6.07 Å². The molecule has 34 heavy (non-hydrogen) atoms. The van der Waals surface area contributed by atoms with E-state index in [4.69, 9.17) is 37.4 Å². The highest BCUT2D eigenvalue weighted by Gasteiger charge is 2.16. The van der Waals surface area contributed by atoms with Gasteiger partial charge < -0.3 is 14.2 Å². The molecule has 10 heteroatoms. The lowest BCUT2D eigenvalue weighted by Gasteiger charge is -2.14. The maximum atomic E-state index is 12.4. The van der Waals surface area contributed by atoms with Crippen LogP contribution in [0.15, 0.2) is 70.2 Å². The number of nitrogens with one attached hydrogen (secondary N) is 1. The number of benzene rings is 3. The van der Waals surface area contributed by atoms with Crippen LogP contribution in [0.1, 0.15) is 22.8 Å². The summed E-state index contributed by atoms with van der Waals surface area (Å²) < 4.78 is 17.1. The van der Waals surface area contributed by atoms with Crippen molar-refractivity contribution < 1.29 is 23.8 Å². The summed E-state index contributed by atoms with van der Waals surface area (Å²) in [7, 11) is 1.45. The molecule has 7 nitrogen and oxygen atoms in total. The van der Waals surface area contributed by atoms with Gasteiger partial charge in [0.15, 0.2) is 17.6 Å². The number of hydrazone groups is 1. The van der Waals surface area contributed by atoms with Crippen molar-refractivity contribution in [1.29, 1.82) is 0 Å². The zero-order valence-corrected chi connectivity index (χ0v) is 21.1. The third-order valence-electron chi connectivity index (χ3n) is 4.41. The summed E-state index contributed by atoms with van der Waals surface area (Å²) in [6.07, 6.45) is 0.563. The Kier molecular flexibility index (Phi) is 8.92. The Bertz CT molecular complexity index is 1240. The van der Waals surface area contributed by atoms with Crippen LogP contribution in [0.25, 0.3) is 0 Å². The van der Waals surface area contributed by atoms with E-state index in [0.29, 0.717) is 32.7 Å². The summed E-state index contributed by atoms with van der Waals surface area (Å²) in [6, 6.07) is 16.4. The molecule has 0 aliphatic rings. The number of carbonyl (C=O) groups excluding carboxylic acids is 2. The first-order valence-corrected chi connectivity index (χ1v) is 11.4. The van der Waals surface area contributed by atoms with E-state index in [0.717, 1.165) is 4.47 Å². The van der Waals surface area contributed by atoms with Gasteiger partial charge in [0.2, 0.25) is 0 Å². The van der Waals surface area contributed by atoms with Crippen molar-refractivity contribution >= 4 is 57.2 Å². The monoisotopic (exact) mass is 564 g/mol. The van der Waals surface area contributed by atoms with Crippen LogP contribution >= 0.6 is 39.1 Å². The Morgan fingerprint density at radius 3 is 2.50 bits per heavy atom. The molecule has 1 unspecified atom stereocenters. The van der Waals surface area contributed by atoms with Crippen LogP contribution in [-0.2, 0) is 4.79 Å². The van der Waals surface area contributed by atoms with E-state index in [9.17, 15) is 9.59 Å². The Morgan fingerprint density at radius 2 is 1.79 bits per heavy atom. The molecule has 0 heterocycles. The Hall–Kier alpha value is -3.07. The molecular formula is C24H19BrCl2N2O5. The molecule has 0 bridgehead atoms. The summed E-state index contributed by atoms with van der Waals surface area (Å²) >= 11 is 15.2. The third kappa shape index (κ3) is 6.96. The number of carbonyl (C=O) groups is 2. The number of amides is 1. The van der Waals surface area contributed by atoms with Crippen LogP contribution in [0.5, 0.6) is 17.2 Å².